The summed E-state index contributed by atoms with van der Waals surface area (Å²) in [6.45, 7) is 0. The SMILES string of the molecule is Nc1cc(N)c(Cl)c(C(=O)CCl)c1. The van der Waals surface area contributed by atoms with E-state index in [4.69, 9.17) is 34.7 Å². The molecule has 0 amide bonds. The van der Waals surface area contributed by atoms with E-state index in [1.807, 2.05) is 0 Å². The molecule has 0 aliphatic heterocycles. The van der Waals surface area contributed by atoms with Crippen LogP contribution >= 0.6 is 23.2 Å². The lowest BCUT2D eigenvalue weighted by Gasteiger charge is -2.05. The third-order valence-electron chi connectivity index (χ3n) is 1.54. The molecule has 3 nitrogen and oxygen atoms in total. The van der Waals surface area contributed by atoms with E-state index in [9.17, 15) is 4.79 Å². The fourth-order valence-corrected chi connectivity index (χ4v) is 1.30. The van der Waals surface area contributed by atoms with E-state index < -0.39 is 0 Å². The van der Waals surface area contributed by atoms with Crippen LogP contribution in [0.2, 0.25) is 5.02 Å². The number of nitrogen functional groups attached to an aromatic ring is 2. The number of rotatable bonds is 2. The molecule has 0 heterocycles. The van der Waals surface area contributed by atoms with Gasteiger partial charge in [0, 0.05) is 11.3 Å². The van der Waals surface area contributed by atoms with Gasteiger partial charge in [0.05, 0.1) is 16.6 Å². The third kappa shape index (κ3) is 2.05. The molecular formula is C8H8Cl2N2O. The molecule has 4 N–H and O–H groups in total. The van der Waals surface area contributed by atoms with E-state index in [1.54, 1.807) is 0 Å². The molecule has 1 aromatic carbocycles. The van der Waals surface area contributed by atoms with Gasteiger partial charge in [-0.1, -0.05) is 11.6 Å². The van der Waals surface area contributed by atoms with Crippen LogP contribution in [0.4, 0.5) is 11.4 Å². The second-order valence-electron chi connectivity index (χ2n) is 2.53. The quantitative estimate of drug-likeness (QED) is 0.453. The molecule has 1 aromatic rings. The molecule has 1 rings (SSSR count). The third-order valence-corrected chi connectivity index (χ3v) is 2.21. The van der Waals surface area contributed by atoms with E-state index in [-0.39, 0.29) is 27.9 Å². The summed E-state index contributed by atoms with van der Waals surface area (Å²) in [5.74, 6) is -0.423. The summed E-state index contributed by atoms with van der Waals surface area (Å²) < 4.78 is 0. The van der Waals surface area contributed by atoms with Crippen molar-refractivity contribution in [3.05, 3.63) is 22.7 Å². The van der Waals surface area contributed by atoms with Crippen molar-refractivity contribution < 1.29 is 4.79 Å². The summed E-state index contributed by atoms with van der Waals surface area (Å²) in [4.78, 5) is 11.2. The molecule has 0 aliphatic carbocycles. The minimum Gasteiger partial charge on any atom is -0.399 e. The standard InChI is InChI=1S/C8H8Cl2N2O/c9-3-7(13)5-1-4(11)2-6(12)8(5)10/h1-2H,3,11-12H2. The summed E-state index contributed by atoms with van der Waals surface area (Å²) in [5, 5.41) is 0.208. The average Bonchev–Trinajstić information content (AvgIpc) is 2.10. The summed E-state index contributed by atoms with van der Waals surface area (Å²) >= 11 is 11.2. The van der Waals surface area contributed by atoms with Crippen LogP contribution in [0.25, 0.3) is 0 Å². The molecule has 0 saturated heterocycles. The van der Waals surface area contributed by atoms with Gasteiger partial charge in [-0.2, -0.15) is 0 Å². The molecule has 0 aromatic heterocycles. The fourth-order valence-electron chi connectivity index (χ4n) is 0.945. The van der Waals surface area contributed by atoms with Gasteiger partial charge < -0.3 is 11.5 Å². The van der Waals surface area contributed by atoms with Crippen molar-refractivity contribution in [2.75, 3.05) is 17.3 Å². The number of anilines is 2. The normalized spacial score (nSPS) is 10.0. The first-order chi connectivity index (χ1) is 6.06. The molecule has 0 atom stereocenters. The molecular weight excluding hydrogens is 211 g/mol. The number of nitrogens with two attached hydrogens (primary N) is 2. The Morgan fingerprint density at radius 3 is 2.54 bits per heavy atom. The highest BCUT2D eigenvalue weighted by molar-refractivity contribution is 6.39. The molecule has 0 radical (unpaired) electrons. The number of alkyl halides is 1. The Hall–Kier alpha value is -0.930. The van der Waals surface area contributed by atoms with Gasteiger partial charge in [0.15, 0.2) is 5.78 Å². The van der Waals surface area contributed by atoms with Crippen molar-refractivity contribution in [2.45, 2.75) is 0 Å². The van der Waals surface area contributed by atoms with Crippen LogP contribution < -0.4 is 11.5 Å². The van der Waals surface area contributed by atoms with Crippen molar-refractivity contribution in [3.8, 4) is 0 Å². The number of hydrogen-bond acceptors (Lipinski definition) is 3. The number of carbonyl (C=O) groups is 1. The second-order valence-corrected chi connectivity index (χ2v) is 3.17. The lowest BCUT2D eigenvalue weighted by atomic mass is 10.1. The number of carbonyl (C=O) groups excluding carboxylic acids is 1. The lowest BCUT2D eigenvalue weighted by Crippen LogP contribution is -2.04. The van der Waals surface area contributed by atoms with Crippen molar-refractivity contribution in [3.63, 3.8) is 0 Å². The van der Waals surface area contributed by atoms with Gasteiger partial charge in [-0.3, -0.25) is 4.79 Å². The Bertz CT molecular complexity index is 352. The van der Waals surface area contributed by atoms with Crippen LogP contribution in [-0.4, -0.2) is 11.7 Å². The molecule has 0 aliphatic rings. The summed E-state index contributed by atoms with van der Waals surface area (Å²) in [6.07, 6.45) is 0. The predicted octanol–water partition coefficient (Wildman–Crippen LogP) is 1.93. The Kier molecular flexibility index (Phi) is 3.01. The summed E-state index contributed by atoms with van der Waals surface area (Å²) in [5.41, 5.74) is 12.0. The minimum atomic E-state index is -0.286. The maximum atomic E-state index is 11.2. The molecule has 0 spiro atoms. The highest BCUT2D eigenvalue weighted by Gasteiger charge is 2.12. The first-order valence-corrected chi connectivity index (χ1v) is 4.41. The van der Waals surface area contributed by atoms with Crippen LogP contribution in [0.3, 0.4) is 0 Å². The average molecular weight is 219 g/mol. The highest BCUT2D eigenvalue weighted by atomic mass is 35.5. The van der Waals surface area contributed by atoms with Gasteiger partial charge in [0.25, 0.3) is 0 Å². The Morgan fingerprint density at radius 1 is 1.38 bits per heavy atom. The van der Waals surface area contributed by atoms with Crippen LogP contribution in [0, 0.1) is 0 Å². The van der Waals surface area contributed by atoms with Crippen molar-refractivity contribution in [1.82, 2.24) is 0 Å². The van der Waals surface area contributed by atoms with Gasteiger partial charge in [-0.05, 0) is 12.1 Å². The molecule has 70 valence electrons. The molecule has 5 heteroatoms. The van der Waals surface area contributed by atoms with E-state index in [2.05, 4.69) is 0 Å². The van der Waals surface area contributed by atoms with Crippen LogP contribution in [0.15, 0.2) is 12.1 Å². The van der Waals surface area contributed by atoms with Crippen molar-refractivity contribution >= 4 is 40.4 Å². The topological polar surface area (TPSA) is 69.1 Å². The largest absolute Gasteiger partial charge is 0.399 e. The zero-order valence-electron chi connectivity index (χ0n) is 6.68. The number of Topliss-reactive ketones (excluding diaryl/α,β-unsaturated/α-hetero) is 1. The summed E-state index contributed by atoms with van der Waals surface area (Å²) in [6, 6.07) is 2.96. The van der Waals surface area contributed by atoms with Gasteiger partial charge in [0.1, 0.15) is 0 Å². The first-order valence-electron chi connectivity index (χ1n) is 3.50. The minimum absolute atomic E-state index is 0.136. The lowest BCUT2D eigenvalue weighted by molar-refractivity contribution is 0.102. The van der Waals surface area contributed by atoms with Crippen LogP contribution in [0.1, 0.15) is 10.4 Å². The zero-order valence-corrected chi connectivity index (χ0v) is 8.19. The number of halogens is 2. The maximum Gasteiger partial charge on any atom is 0.179 e. The fraction of sp³-hybridized carbons (Fsp3) is 0.125. The highest BCUT2D eigenvalue weighted by Crippen LogP contribution is 2.27. The molecule has 0 fully saturated rings. The maximum absolute atomic E-state index is 11.2. The van der Waals surface area contributed by atoms with Crippen molar-refractivity contribution in [2.24, 2.45) is 0 Å². The Morgan fingerprint density at radius 2 is 2.00 bits per heavy atom. The van der Waals surface area contributed by atoms with Crippen molar-refractivity contribution in [1.29, 1.82) is 0 Å². The van der Waals surface area contributed by atoms with Crippen LogP contribution in [-0.2, 0) is 0 Å². The number of benzene rings is 1. The molecule has 13 heavy (non-hydrogen) atoms. The van der Waals surface area contributed by atoms with E-state index in [1.165, 1.54) is 12.1 Å². The summed E-state index contributed by atoms with van der Waals surface area (Å²) in [7, 11) is 0. The van der Waals surface area contributed by atoms with Gasteiger partial charge in [-0.15, -0.1) is 11.6 Å². The zero-order chi connectivity index (χ0) is 10.0. The Balaban J connectivity index is 3.28. The molecule has 0 bridgehead atoms. The Labute approximate surface area is 85.6 Å². The smallest absolute Gasteiger partial charge is 0.179 e. The van der Waals surface area contributed by atoms with E-state index in [0.29, 0.717) is 5.69 Å². The van der Waals surface area contributed by atoms with Gasteiger partial charge >= 0.3 is 0 Å². The van der Waals surface area contributed by atoms with Gasteiger partial charge in [0.2, 0.25) is 0 Å². The first kappa shape index (κ1) is 10.2. The predicted molar refractivity (Wildman–Crippen MR) is 55.3 cm³/mol. The molecule has 0 unspecified atom stereocenters. The number of ketones is 1. The second kappa shape index (κ2) is 3.85. The van der Waals surface area contributed by atoms with Crippen LogP contribution in [0.5, 0.6) is 0 Å². The number of hydrogen-bond donors (Lipinski definition) is 2. The monoisotopic (exact) mass is 218 g/mol. The molecule has 0 saturated carbocycles. The van der Waals surface area contributed by atoms with E-state index in [0.717, 1.165) is 0 Å². The van der Waals surface area contributed by atoms with Gasteiger partial charge in [-0.25, -0.2) is 0 Å². The van der Waals surface area contributed by atoms with E-state index >= 15 is 0 Å².